The lowest BCUT2D eigenvalue weighted by Crippen LogP contribution is -2.37. The van der Waals surface area contributed by atoms with Crippen LogP contribution in [0.4, 0.5) is 11.4 Å². The van der Waals surface area contributed by atoms with Crippen LogP contribution in [-0.2, 0) is 0 Å². The average Bonchev–Trinajstić information content (AvgIpc) is 2.84. The number of nitrogens with zero attached hydrogens (tertiary/aromatic N) is 3. The van der Waals surface area contributed by atoms with Crippen LogP contribution < -0.4 is 10.6 Å². The maximum Gasteiger partial charge on any atom is 0.319 e. The monoisotopic (exact) mass is 294 g/mol. The molecule has 1 aromatic heterocycles. The molecule has 0 radical (unpaired) electrons. The topological polar surface area (TPSA) is 85.3 Å². The summed E-state index contributed by atoms with van der Waals surface area (Å²) in [6, 6.07) is 3.66. The largest absolute Gasteiger partial charge is 0.368 e. The Balaban J connectivity index is 2.48. The van der Waals surface area contributed by atoms with E-state index in [2.05, 4.69) is 4.98 Å². The third-order valence-corrected chi connectivity index (χ3v) is 4.06. The lowest BCUT2D eigenvalue weighted by atomic mass is 9.93. The fourth-order valence-electron chi connectivity index (χ4n) is 2.19. The van der Waals surface area contributed by atoms with Crippen LogP contribution in [0.1, 0.15) is 13.8 Å². The number of hydrogen-bond acceptors (Lipinski definition) is 6. The van der Waals surface area contributed by atoms with Gasteiger partial charge in [-0.3, -0.25) is 10.1 Å². The van der Waals surface area contributed by atoms with E-state index in [0.29, 0.717) is 24.3 Å². The molecule has 0 aliphatic rings. The maximum atomic E-state index is 11.4. The molecule has 0 bridgehead atoms. The Hall–Kier alpha value is -1.73. The van der Waals surface area contributed by atoms with Crippen molar-refractivity contribution in [2.45, 2.75) is 13.8 Å². The van der Waals surface area contributed by atoms with Gasteiger partial charge in [-0.15, -0.1) is 11.3 Å². The minimum atomic E-state index is -0.358. The molecule has 2 N–H and O–H groups in total. The number of nitrogens with two attached hydrogens (primary N) is 1. The van der Waals surface area contributed by atoms with Gasteiger partial charge in [0, 0.05) is 13.6 Å². The number of anilines is 1. The summed E-state index contributed by atoms with van der Waals surface area (Å²) in [5.74, 6) is 0. The summed E-state index contributed by atoms with van der Waals surface area (Å²) >= 11 is 1.40. The number of aromatic nitrogens is 1. The number of nitro groups is 1. The SMILES string of the molecule is CN(CC(C)(C)CN)c1ccc2scnc2c1[N+](=O)[O-]. The predicted octanol–water partition coefficient (Wildman–Crippen LogP) is 2.63. The fourth-order valence-corrected chi connectivity index (χ4v) is 2.87. The Morgan fingerprint density at radius 3 is 2.80 bits per heavy atom. The Kier molecular flexibility index (Phi) is 3.92. The minimum Gasteiger partial charge on any atom is -0.368 e. The molecule has 7 heteroatoms. The molecular weight excluding hydrogens is 276 g/mol. The van der Waals surface area contributed by atoms with Crippen molar-refractivity contribution in [2.24, 2.45) is 11.1 Å². The van der Waals surface area contributed by atoms with Crippen molar-refractivity contribution < 1.29 is 4.92 Å². The van der Waals surface area contributed by atoms with E-state index in [1.165, 1.54) is 11.3 Å². The molecule has 0 aliphatic carbocycles. The molecule has 0 fully saturated rings. The van der Waals surface area contributed by atoms with Crippen LogP contribution in [0, 0.1) is 15.5 Å². The van der Waals surface area contributed by atoms with Gasteiger partial charge in [0.25, 0.3) is 0 Å². The number of rotatable bonds is 5. The van der Waals surface area contributed by atoms with Crippen molar-refractivity contribution in [3.63, 3.8) is 0 Å². The molecule has 1 aromatic carbocycles. The van der Waals surface area contributed by atoms with Gasteiger partial charge in [-0.2, -0.15) is 0 Å². The Bertz CT molecular complexity index is 638. The molecule has 2 rings (SSSR count). The number of benzene rings is 1. The third-order valence-electron chi connectivity index (χ3n) is 3.27. The van der Waals surface area contributed by atoms with Gasteiger partial charge in [0.15, 0.2) is 5.52 Å². The van der Waals surface area contributed by atoms with E-state index >= 15 is 0 Å². The van der Waals surface area contributed by atoms with E-state index in [-0.39, 0.29) is 16.0 Å². The van der Waals surface area contributed by atoms with E-state index in [1.807, 2.05) is 31.9 Å². The molecule has 0 amide bonds. The van der Waals surface area contributed by atoms with Crippen molar-refractivity contribution in [3.05, 3.63) is 27.8 Å². The zero-order valence-electron chi connectivity index (χ0n) is 11.8. The quantitative estimate of drug-likeness (QED) is 0.676. The highest BCUT2D eigenvalue weighted by atomic mass is 32.1. The Morgan fingerprint density at radius 2 is 2.20 bits per heavy atom. The highest BCUT2D eigenvalue weighted by Gasteiger charge is 2.26. The van der Waals surface area contributed by atoms with Gasteiger partial charge >= 0.3 is 5.69 Å². The molecule has 20 heavy (non-hydrogen) atoms. The Labute approximate surface area is 121 Å². The molecule has 0 unspecified atom stereocenters. The second-order valence-corrected chi connectivity index (χ2v) is 6.50. The van der Waals surface area contributed by atoms with Crippen molar-refractivity contribution in [1.82, 2.24) is 4.98 Å². The molecule has 2 aromatic rings. The molecule has 0 saturated heterocycles. The van der Waals surface area contributed by atoms with Gasteiger partial charge in [-0.1, -0.05) is 13.8 Å². The standard InChI is InChI=1S/C13H18N4O2S/c1-13(2,6-14)7-16(3)9-4-5-10-11(15-8-20-10)12(9)17(18)19/h4-5,8H,6-7,14H2,1-3H3. The van der Waals surface area contributed by atoms with E-state index < -0.39 is 0 Å². The Morgan fingerprint density at radius 1 is 1.50 bits per heavy atom. The highest BCUT2D eigenvalue weighted by molar-refractivity contribution is 7.16. The molecular formula is C13H18N4O2S. The summed E-state index contributed by atoms with van der Waals surface area (Å²) in [5.41, 5.74) is 8.35. The summed E-state index contributed by atoms with van der Waals surface area (Å²) in [4.78, 5) is 17.0. The first-order valence-corrected chi connectivity index (χ1v) is 7.15. The van der Waals surface area contributed by atoms with Gasteiger partial charge in [0.2, 0.25) is 0 Å². The summed E-state index contributed by atoms with van der Waals surface area (Å²) in [5, 5.41) is 11.4. The first-order chi connectivity index (χ1) is 9.35. The van der Waals surface area contributed by atoms with Crippen molar-refractivity contribution in [3.8, 4) is 0 Å². The summed E-state index contributed by atoms with van der Waals surface area (Å²) < 4.78 is 0.826. The van der Waals surface area contributed by atoms with Crippen molar-refractivity contribution in [2.75, 3.05) is 25.0 Å². The summed E-state index contributed by atoms with van der Waals surface area (Å²) in [7, 11) is 1.85. The first kappa shape index (κ1) is 14.7. The molecule has 0 saturated carbocycles. The normalized spacial score (nSPS) is 11.8. The summed E-state index contributed by atoms with van der Waals surface area (Å²) in [6.45, 7) is 5.23. The number of thiazole rings is 1. The molecule has 0 aliphatic heterocycles. The van der Waals surface area contributed by atoms with Crippen LogP contribution in [-0.4, -0.2) is 30.0 Å². The van der Waals surface area contributed by atoms with Crippen LogP contribution in [0.15, 0.2) is 17.6 Å². The molecule has 6 nitrogen and oxygen atoms in total. The van der Waals surface area contributed by atoms with E-state index in [9.17, 15) is 10.1 Å². The predicted molar refractivity (Wildman–Crippen MR) is 82.4 cm³/mol. The number of nitro benzene ring substituents is 1. The average molecular weight is 294 g/mol. The van der Waals surface area contributed by atoms with Gasteiger partial charge in [-0.05, 0) is 24.1 Å². The molecule has 108 valence electrons. The van der Waals surface area contributed by atoms with E-state index in [1.54, 1.807) is 11.6 Å². The molecule has 0 spiro atoms. The van der Waals surface area contributed by atoms with Crippen LogP contribution in [0.5, 0.6) is 0 Å². The lowest BCUT2D eigenvalue weighted by Gasteiger charge is -2.30. The van der Waals surface area contributed by atoms with Gasteiger partial charge < -0.3 is 10.6 Å². The van der Waals surface area contributed by atoms with Gasteiger partial charge in [-0.25, -0.2) is 4.98 Å². The number of fused-ring (bicyclic) bond motifs is 1. The second kappa shape index (κ2) is 5.34. The highest BCUT2D eigenvalue weighted by Crippen LogP contribution is 2.36. The molecule has 1 heterocycles. The zero-order valence-corrected chi connectivity index (χ0v) is 12.6. The first-order valence-electron chi connectivity index (χ1n) is 6.27. The van der Waals surface area contributed by atoms with Crippen LogP contribution in [0.3, 0.4) is 0 Å². The second-order valence-electron chi connectivity index (χ2n) is 5.61. The molecule has 0 atom stereocenters. The third kappa shape index (κ3) is 2.73. The smallest absolute Gasteiger partial charge is 0.319 e. The van der Waals surface area contributed by atoms with Crippen molar-refractivity contribution >= 4 is 32.9 Å². The van der Waals surface area contributed by atoms with Crippen molar-refractivity contribution in [1.29, 1.82) is 0 Å². The fraction of sp³-hybridized carbons (Fsp3) is 0.462. The van der Waals surface area contributed by atoms with E-state index in [4.69, 9.17) is 5.73 Å². The van der Waals surface area contributed by atoms with Gasteiger partial charge in [0.05, 0.1) is 15.1 Å². The summed E-state index contributed by atoms with van der Waals surface area (Å²) in [6.07, 6.45) is 0. The number of hydrogen-bond donors (Lipinski definition) is 1. The lowest BCUT2D eigenvalue weighted by molar-refractivity contribution is -0.382. The minimum absolute atomic E-state index is 0.0686. The zero-order chi connectivity index (χ0) is 14.9. The van der Waals surface area contributed by atoms with Crippen LogP contribution >= 0.6 is 11.3 Å². The van der Waals surface area contributed by atoms with E-state index in [0.717, 1.165) is 4.70 Å². The van der Waals surface area contributed by atoms with Gasteiger partial charge in [0.1, 0.15) is 5.69 Å². The maximum absolute atomic E-state index is 11.4. The van der Waals surface area contributed by atoms with Crippen LogP contribution in [0.2, 0.25) is 0 Å². The van der Waals surface area contributed by atoms with Crippen LogP contribution in [0.25, 0.3) is 10.2 Å².